The lowest BCUT2D eigenvalue weighted by Gasteiger charge is -2.27. The summed E-state index contributed by atoms with van der Waals surface area (Å²) in [5, 5.41) is 2.13. The highest BCUT2D eigenvalue weighted by Gasteiger charge is 2.20. The summed E-state index contributed by atoms with van der Waals surface area (Å²) < 4.78 is 7.59. The van der Waals surface area contributed by atoms with E-state index in [1.54, 1.807) is 18.9 Å². The van der Waals surface area contributed by atoms with Gasteiger partial charge >= 0.3 is 0 Å². The van der Waals surface area contributed by atoms with Crippen molar-refractivity contribution in [2.45, 2.75) is 24.7 Å². The van der Waals surface area contributed by atoms with Crippen LogP contribution in [-0.2, 0) is 26.6 Å². The van der Waals surface area contributed by atoms with Crippen LogP contribution in [0, 0.1) is 0 Å². The van der Waals surface area contributed by atoms with Crippen LogP contribution in [0.5, 0.6) is 5.75 Å². The lowest BCUT2D eigenvalue weighted by atomic mass is 10.1. The molecule has 0 radical (unpaired) electrons. The first-order valence-electron chi connectivity index (χ1n) is 8.41. The van der Waals surface area contributed by atoms with E-state index < -0.39 is 0 Å². The number of aryl methyl sites for hydroxylation is 1. The first-order chi connectivity index (χ1) is 12.2. The molecule has 0 N–H and O–H groups in total. The minimum atomic E-state index is 0.869. The van der Waals surface area contributed by atoms with Crippen molar-refractivity contribution in [3.63, 3.8) is 0 Å². The molecule has 0 saturated carbocycles. The number of thioether (sulfide) groups is 1. The molecule has 1 aliphatic heterocycles. The van der Waals surface area contributed by atoms with Crippen molar-refractivity contribution >= 4 is 22.7 Å². The van der Waals surface area contributed by atoms with E-state index in [1.807, 2.05) is 18.5 Å². The highest BCUT2D eigenvalue weighted by molar-refractivity contribution is 7.98. The van der Waals surface area contributed by atoms with Gasteiger partial charge in [0, 0.05) is 62.0 Å². The third-order valence-corrected chi connectivity index (χ3v) is 5.41. The first kappa shape index (κ1) is 16.4. The summed E-state index contributed by atoms with van der Waals surface area (Å²) in [6.07, 6.45) is 7.23. The molecule has 0 saturated heterocycles. The number of aromatic nitrogens is 3. The number of benzene rings is 1. The van der Waals surface area contributed by atoms with Crippen molar-refractivity contribution in [3.8, 4) is 5.75 Å². The summed E-state index contributed by atoms with van der Waals surface area (Å²) in [6.45, 7) is 2.86. The number of fused-ring (bicyclic) bond motifs is 2. The largest absolute Gasteiger partial charge is 0.497 e. The van der Waals surface area contributed by atoms with E-state index in [0.29, 0.717) is 0 Å². The van der Waals surface area contributed by atoms with E-state index in [2.05, 4.69) is 44.8 Å². The van der Waals surface area contributed by atoms with Crippen LogP contribution in [0.4, 0.5) is 0 Å². The number of rotatable bonds is 4. The minimum Gasteiger partial charge on any atom is -0.497 e. The van der Waals surface area contributed by atoms with Gasteiger partial charge in [-0.1, -0.05) is 11.8 Å². The summed E-state index contributed by atoms with van der Waals surface area (Å²) in [6, 6.07) is 6.28. The van der Waals surface area contributed by atoms with Gasteiger partial charge in [-0.05, 0) is 30.0 Å². The topological polar surface area (TPSA) is 43.2 Å². The number of hydrogen-bond donors (Lipinski definition) is 0. The molecule has 25 heavy (non-hydrogen) atoms. The number of methoxy groups -OCH3 is 1. The monoisotopic (exact) mass is 354 g/mol. The Kier molecular flexibility index (Phi) is 4.39. The third kappa shape index (κ3) is 3.12. The lowest BCUT2D eigenvalue weighted by Crippen LogP contribution is -2.30. The van der Waals surface area contributed by atoms with Crippen molar-refractivity contribution in [1.82, 2.24) is 19.4 Å². The van der Waals surface area contributed by atoms with Crippen molar-refractivity contribution in [2.24, 2.45) is 7.05 Å². The second-order valence-corrected chi connectivity index (χ2v) is 7.21. The predicted octanol–water partition coefficient (Wildman–Crippen LogP) is 3.26. The quantitative estimate of drug-likeness (QED) is 0.531. The van der Waals surface area contributed by atoms with Crippen LogP contribution in [-0.4, -0.2) is 39.3 Å². The van der Waals surface area contributed by atoms with E-state index in [0.717, 1.165) is 37.0 Å². The molecule has 2 aromatic heterocycles. The Morgan fingerprint density at radius 2 is 2.20 bits per heavy atom. The van der Waals surface area contributed by atoms with Crippen LogP contribution in [0.2, 0.25) is 0 Å². The van der Waals surface area contributed by atoms with E-state index in [1.165, 1.54) is 27.7 Å². The second kappa shape index (κ2) is 6.69. The van der Waals surface area contributed by atoms with Crippen molar-refractivity contribution < 1.29 is 4.74 Å². The number of hydrogen-bond acceptors (Lipinski definition) is 5. The average molecular weight is 354 g/mol. The third-order valence-electron chi connectivity index (χ3n) is 4.85. The maximum atomic E-state index is 5.40. The normalized spacial score (nSPS) is 14.7. The molecule has 6 heteroatoms. The van der Waals surface area contributed by atoms with E-state index >= 15 is 0 Å². The molecule has 1 aromatic carbocycles. The van der Waals surface area contributed by atoms with Crippen molar-refractivity contribution in [2.75, 3.05) is 19.9 Å². The molecule has 0 unspecified atom stereocenters. The van der Waals surface area contributed by atoms with Gasteiger partial charge in [-0.25, -0.2) is 9.97 Å². The van der Waals surface area contributed by atoms with Gasteiger partial charge in [-0.2, -0.15) is 0 Å². The molecule has 0 spiro atoms. The highest BCUT2D eigenvalue weighted by Crippen LogP contribution is 2.28. The molecular weight excluding hydrogens is 332 g/mol. The molecule has 0 amide bonds. The molecule has 0 aliphatic carbocycles. The van der Waals surface area contributed by atoms with Crippen molar-refractivity contribution in [3.05, 3.63) is 47.4 Å². The fourth-order valence-electron chi connectivity index (χ4n) is 3.54. The van der Waals surface area contributed by atoms with Crippen molar-refractivity contribution in [1.29, 1.82) is 0 Å². The Morgan fingerprint density at radius 3 is 3.00 bits per heavy atom. The predicted molar refractivity (Wildman–Crippen MR) is 101 cm³/mol. The summed E-state index contributed by atoms with van der Waals surface area (Å²) in [4.78, 5) is 11.6. The SMILES string of the molecule is COc1ccc2c(c1)c(CN1CCc3nc(SC)ncc3C1)cn2C. The average Bonchev–Trinajstić information content (AvgIpc) is 2.96. The van der Waals surface area contributed by atoms with Gasteiger partial charge in [0.05, 0.1) is 12.8 Å². The van der Waals surface area contributed by atoms with Gasteiger partial charge in [0.1, 0.15) is 5.75 Å². The molecule has 3 aromatic rings. The standard InChI is InChI=1S/C19H22N4OS/c1-22-10-14(16-8-15(24-2)4-5-18(16)22)12-23-7-6-17-13(11-23)9-20-19(21-17)25-3/h4-5,8-10H,6-7,11-12H2,1-3H3. The van der Waals surface area contributed by atoms with Gasteiger partial charge in [0.15, 0.2) is 5.16 Å². The molecule has 1 aliphatic rings. The smallest absolute Gasteiger partial charge is 0.187 e. The van der Waals surface area contributed by atoms with Gasteiger partial charge in [-0.15, -0.1) is 0 Å². The first-order valence-corrected chi connectivity index (χ1v) is 9.63. The maximum absolute atomic E-state index is 5.40. The fourth-order valence-corrected chi connectivity index (χ4v) is 3.90. The fraction of sp³-hybridized carbons (Fsp3) is 0.368. The zero-order valence-corrected chi connectivity index (χ0v) is 15.6. The van der Waals surface area contributed by atoms with Gasteiger partial charge in [-0.3, -0.25) is 4.90 Å². The highest BCUT2D eigenvalue weighted by atomic mass is 32.2. The Bertz CT molecular complexity index is 921. The summed E-state index contributed by atoms with van der Waals surface area (Å²) in [5.74, 6) is 0.905. The van der Waals surface area contributed by atoms with Crippen LogP contribution in [0.3, 0.4) is 0 Å². The van der Waals surface area contributed by atoms with Gasteiger partial charge < -0.3 is 9.30 Å². The summed E-state index contributed by atoms with van der Waals surface area (Å²) >= 11 is 1.60. The van der Waals surface area contributed by atoms with Crippen LogP contribution < -0.4 is 4.74 Å². The Labute approximate surface area is 152 Å². The van der Waals surface area contributed by atoms with E-state index in [4.69, 9.17) is 4.74 Å². The second-order valence-electron chi connectivity index (χ2n) is 6.44. The molecule has 4 rings (SSSR count). The zero-order chi connectivity index (χ0) is 17.4. The molecule has 130 valence electrons. The lowest BCUT2D eigenvalue weighted by molar-refractivity contribution is 0.243. The van der Waals surface area contributed by atoms with E-state index in [9.17, 15) is 0 Å². The van der Waals surface area contributed by atoms with Crippen LogP contribution in [0.25, 0.3) is 10.9 Å². The Balaban J connectivity index is 1.59. The molecular formula is C19H22N4OS. The Hall–Kier alpha value is -2.05. The molecule has 0 bridgehead atoms. The Morgan fingerprint density at radius 1 is 1.32 bits per heavy atom. The summed E-state index contributed by atoms with van der Waals surface area (Å²) in [7, 11) is 3.82. The van der Waals surface area contributed by atoms with Crippen LogP contribution in [0.1, 0.15) is 16.8 Å². The number of nitrogens with zero attached hydrogens (tertiary/aromatic N) is 4. The molecule has 0 fully saturated rings. The molecule has 3 heterocycles. The molecule has 0 atom stereocenters. The van der Waals surface area contributed by atoms with E-state index in [-0.39, 0.29) is 0 Å². The molecule has 5 nitrogen and oxygen atoms in total. The van der Waals surface area contributed by atoms with Gasteiger partial charge in [0.25, 0.3) is 0 Å². The van der Waals surface area contributed by atoms with Crippen LogP contribution in [0.15, 0.2) is 35.7 Å². The number of ether oxygens (including phenoxy) is 1. The van der Waals surface area contributed by atoms with Crippen LogP contribution >= 0.6 is 11.8 Å². The maximum Gasteiger partial charge on any atom is 0.187 e. The zero-order valence-electron chi connectivity index (χ0n) is 14.8. The van der Waals surface area contributed by atoms with Gasteiger partial charge in [0.2, 0.25) is 0 Å². The minimum absolute atomic E-state index is 0.869. The summed E-state index contributed by atoms with van der Waals surface area (Å²) in [5.41, 5.74) is 5.03.